The number of anilines is 1. The molecule has 0 saturated heterocycles. The summed E-state index contributed by atoms with van der Waals surface area (Å²) in [5.41, 5.74) is 0.645. The van der Waals surface area contributed by atoms with Crippen molar-refractivity contribution in [2.45, 2.75) is 19.9 Å². The highest BCUT2D eigenvalue weighted by molar-refractivity contribution is 5.89. The van der Waals surface area contributed by atoms with Crippen molar-refractivity contribution in [2.75, 3.05) is 5.32 Å². The summed E-state index contributed by atoms with van der Waals surface area (Å²) in [5, 5.41) is 9.18. The smallest absolute Gasteiger partial charge is 0.319 e. The lowest BCUT2D eigenvalue weighted by atomic mass is 10.3. The van der Waals surface area contributed by atoms with Gasteiger partial charge in [-0.15, -0.1) is 0 Å². The SMILES string of the molecule is Cc1noc([C@H](C)NC(=O)Nc2ccc(Oc3ccccc3)cc2)n1. The highest BCUT2D eigenvalue weighted by atomic mass is 16.5. The maximum Gasteiger partial charge on any atom is 0.319 e. The molecule has 3 rings (SSSR count). The summed E-state index contributed by atoms with van der Waals surface area (Å²) in [6.45, 7) is 3.49. The molecule has 25 heavy (non-hydrogen) atoms. The van der Waals surface area contributed by atoms with E-state index in [0.717, 1.165) is 5.75 Å². The fourth-order valence-corrected chi connectivity index (χ4v) is 2.15. The maximum absolute atomic E-state index is 12.0. The first-order chi connectivity index (χ1) is 12.1. The van der Waals surface area contributed by atoms with Crippen molar-refractivity contribution in [3.05, 3.63) is 66.3 Å². The molecule has 7 nitrogen and oxygen atoms in total. The van der Waals surface area contributed by atoms with Gasteiger partial charge in [0.1, 0.15) is 17.5 Å². The number of hydrogen-bond acceptors (Lipinski definition) is 5. The van der Waals surface area contributed by atoms with Crippen LogP contribution < -0.4 is 15.4 Å². The van der Waals surface area contributed by atoms with Crippen molar-refractivity contribution in [3.63, 3.8) is 0 Å². The van der Waals surface area contributed by atoms with Crippen molar-refractivity contribution in [1.29, 1.82) is 0 Å². The summed E-state index contributed by atoms with van der Waals surface area (Å²) in [4.78, 5) is 16.1. The first-order valence-electron chi connectivity index (χ1n) is 7.81. The second-order valence-corrected chi connectivity index (χ2v) is 5.44. The van der Waals surface area contributed by atoms with Gasteiger partial charge in [-0.25, -0.2) is 4.79 Å². The Bertz CT molecular complexity index is 831. The third-order valence-corrected chi connectivity index (χ3v) is 3.35. The molecule has 0 aliphatic rings. The van der Waals surface area contributed by atoms with E-state index in [1.54, 1.807) is 38.1 Å². The van der Waals surface area contributed by atoms with Crippen LogP contribution in [-0.4, -0.2) is 16.2 Å². The fraction of sp³-hybridized carbons (Fsp3) is 0.167. The molecule has 0 aliphatic carbocycles. The Morgan fingerprint density at radius 1 is 1.08 bits per heavy atom. The maximum atomic E-state index is 12.0. The molecule has 0 radical (unpaired) electrons. The number of ether oxygens (including phenoxy) is 1. The lowest BCUT2D eigenvalue weighted by molar-refractivity contribution is 0.245. The summed E-state index contributed by atoms with van der Waals surface area (Å²) < 4.78 is 10.7. The van der Waals surface area contributed by atoms with Gasteiger partial charge in [-0.1, -0.05) is 23.4 Å². The van der Waals surface area contributed by atoms with E-state index < -0.39 is 0 Å². The number of aromatic nitrogens is 2. The third kappa shape index (κ3) is 4.57. The van der Waals surface area contributed by atoms with Crippen LogP contribution in [0.25, 0.3) is 0 Å². The zero-order chi connectivity index (χ0) is 17.6. The Balaban J connectivity index is 1.55. The van der Waals surface area contributed by atoms with E-state index in [1.165, 1.54) is 0 Å². The molecular weight excluding hydrogens is 320 g/mol. The van der Waals surface area contributed by atoms with Gasteiger partial charge in [-0.2, -0.15) is 4.98 Å². The first-order valence-corrected chi connectivity index (χ1v) is 7.81. The van der Waals surface area contributed by atoms with Crippen LogP contribution in [0.1, 0.15) is 24.7 Å². The van der Waals surface area contributed by atoms with Crippen LogP contribution in [-0.2, 0) is 0 Å². The van der Waals surface area contributed by atoms with E-state index in [2.05, 4.69) is 20.8 Å². The van der Waals surface area contributed by atoms with Crippen molar-refractivity contribution < 1.29 is 14.1 Å². The van der Waals surface area contributed by atoms with Crippen LogP contribution in [0, 0.1) is 6.92 Å². The van der Waals surface area contributed by atoms with Gasteiger partial charge in [-0.3, -0.25) is 0 Å². The van der Waals surface area contributed by atoms with Crippen molar-refractivity contribution in [1.82, 2.24) is 15.5 Å². The lowest BCUT2D eigenvalue weighted by Gasteiger charge is -2.11. The van der Waals surface area contributed by atoms with E-state index in [1.807, 2.05) is 30.3 Å². The molecule has 0 aliphatic heterocycles. The van der Waals surface area contributed by atoms with Crippen LogP contribution >= 0.6 is 0 Å². The number of benzene rings is 2. The fourth-order valence-electron chi connectivity index (χ4n) is 2.15. The van der Waals surface area contributed by atoms with E-state index in [0.29, 0.717) is 23.2 Å². The Morgan fingerprint density at radius 2 is 1.76 bits per heavy atom. The molecule has 1 heterocycles. The second kappa shape index (κ2) is 7.48. The van der Waals surface area contributed by atoms with Gasteiger partial charge in [-0.05, 0) is 50.2 Å². The number of nitrogens with zero attached hydrogens (tertiary/aromatic N) is 2. The minimum absolute atomic E-state index is 0.360. The molecule has 0 unspecified atom stereocenters. The highest BCUT2D eigenvalue weighted by Crippen LogP contribution is 2.22. The third-order valence-electron chi connectivity index (χ3n) is 3.35. The summed E-state index contributed by atoms with van der Waals surface area (Å²) in [6, 6.07) is 15.8. The zero-order valence-electron chi connectivity index (χ0n) is 13.9. The molecule has 1 atom stereocenters. The standard InChI is InChI=1S/C18H18N4O3/c1-12(17-20-13(2)22-25-17)19-18(23)21-14-8-10-16(11-9-14)24-15-6-4-3-5-7-15/h3-12H,1-2H3,(H2,19,21,23)/t12-/m0/s1. The molecule has 2 N–H and O–H groups in total. The van der Waals surface area contributed by atoms with Crippen LogP contribution in [0.3, 0.4) is 0 Å². The summed E-state index contributed by atoms with van der Waals surface area (Å²) in [7, 11) is 0. The summed E-state index contributed by atoms with van der Waals surface area (Å²) in [6.07, 6.45) is 0. The van der Waals surface area contributed by atoms with Gasteiger partial charge < -0.3 is 19.9 Å². The number of carbonyl (C=O) groups excluding carboxylic acids is 1. The van der Waals surface area contributed by atoms with Crippen molar-refractivity contribution >= 4 is 11.7 Å². The molecule has 1 aromatic heterocycles. The highest BCUT2D eigenvalue weighted by Gasteiger charge is 2.15. The number of para-hydroxylation sites is 1. The number of nitrogens with one attached hydrogen (secondary N) is 2. The molecule has 0 saturated carbocycles. The minimum atomic E-state index is -0.387. The predicted molar refractivity (Wildman–Crippen MR) is 92.6 cm³/mol. The van der Waals surface area contributed by atoms with E-state index in [9.17, 15) is 4.79 Å². The quantitative estimate of drug-likeness (QED) is 0.732. The van der Waals surface area contributed by atoms with Gasteiger partial charge in [0.25, 0.3) is 0 Å². The minimum Gasteiger partial charge on any atom is -0.457 e. The second-order valence-electron chi connectivity index (χ2n) is 5.44. The molecule has 0 fully saturated rings. The molecule has 2 amide bonds. The van der Waals surface area contributed by atoms with Gasteiger partial charge >= 0.3 is 6.03 Å². The number of carbonyl (C=O) groups is 1. The molecule has 0 bridgehead atoms. The van der Waals surface area contributed by atoms with Crippen molar-refractivity contribution in [2.24, 2.45) is 0 Å². The van der Waals surface area contributed by atoms with E-state index >= 15 is 0 Å². The lowest BCUT2D eigenvalue weighted by Crippen LogP contribution is -2.31. The van der Waals surface area contributed by atoms with Crippen LogP contribution in [0.4, 0.5) is 10.5 Å². The topological polar surface area (TPSA) is 89.3 Å². The summed E-state index contributed by atoms with van der Waals surface area (Å²) in [5.74, 6) is 2.33. The summed E-state index contributed by atoms with van der Waals surface area (Å²) >= 11 is 0. The Hall–Kier alpha value is -3.35. The number of urea groups is 1. The zero-order valence-corrected chi connectivity index (χ0v) is 13.9. The predicted octanol–water partition coefficient (Wildman–Crippen LogP) is 4.05. The van der Waals surface area contributed by atoms with Crippen LogP contribution in [0.15, 0.2) is 59.1 Å². The molecule has 3 aromatic rings. The largest absolute Gasteiger partial charge is 0.457 e. The first kappa shape index (κ1) is 16.5. The van der Waals surface area contributed by atoms with Crippen LogP contribution in [0.2, 0.25) is 0 Å². The number of hydrogen-bond donors (Lipinski definition) is 2. The average Bonchev–Trinajstić information content (AvgIpc) is 3.04. The molecule has 2 aromatic carbocycles. The van der Waals surface area contributed by atoms with E-state index in [4.69, 9.17) is 9.26 Å². The normalized spacial score (nSPS) is 11.6. The average molecular weight is 338 g/mol. The molecule has 0 spiro atoms. The van der Waals surface area contributed by atoms with Gasteiger partial charge in [0.05, 0.1) is 0 Å². The molecular formula is C18H18N4O3. The Morgan fingerprint density at radius 3 is 2.40 bits per heavy atom. The van der Waals surface area contributed by atoms with Crippen LogP contribution in [0.5, 0.6) is 11.5 Å². The van der Waals surface area contributed by atoms with Crippen molar-refractivity contribution in [3.8, 4) is 11.5 Å². The number of aryl methyl sites for hydroxylation is 1. The van der Waals surface area contributed by atoms with E-state index in [-0.39, 0.29) is 12.1 Å². The van der Waals surface area contributed by atoms with Gasteiger partial charge in [0, 0.05) is 5.69 Å². The number of rotatable bonds is 5. The Labute approximate surface area is 145 Å². The Kier molecular flexibility index (Phi) is 4.94. The monoisotopic (exact) mass is 338 g/mol. The molecule has 7 heteroatoms. The number of amides is 2. The van der Waals surface area contributed by atoms with Gasteiger partial charge in [0.15, 0.2) is 5.82 Å². The molecule has 128 valence electrons. The van der Waals surface area contributed by atoms with Gasteiger partial charge in [0.2, 0.25) is 5.89 Å².